The van der Waals surface area contributed by atoms with E-state index in [4.69, 9.17) is 0 Å². The Morgan fingerprint density at radius 3 is 1.95 bits per heavy atom. The van der Waals surface area contributed by atoms with E-state index in [1.807, 2.05) is 0 Å². The zero-order valence-electron chi connectivity index (χ0n) is 22.3. The van der Waals surface area contributed by atoms with Crippen molar-refractivity contribution in [2.75, 3.05) is 4.90 Å². The lowest BCUT2D eigenvalue weighted by Crippen LogP contribution is -2.10. The normalized spacial score (nSPS) is 11.6. The van der Waals surface area contributed by atoms with Crippen LogP contribution in [0.25, 0.3) is 43.7 Å². The third kappa shape index (κ3) is 3.97. The first-order valence-electron chi connectivity index (χ1n) is 13.6. The minimum Gasteiger partial charge on any atom is -0.338 e. The lowest BCUT2D eigenvalue weighted by Gasteiger charge is -2.26. The zero-order valence-corrected chi connectivity index (χ0v) is 22.3. The number of nitrogens with zero attached hydrogens (tertiary/aromatic N) is 2. The van der Waals surface area contributed by atoms with Gasteiger partial charge in [-0.2, -0.15) is 0 Å². The fourth-order valence-corrected chi connectivity index (χ4v) is 5.98. The van der Waals surface area contributed by atoms with E-state index in [1.165, 1.54) is 43.7 Å². The molecule has 2 nitrogen and oxygen atoms in total. The number of fused-ring (bicyclic) bond motifs is 4. The van der Waals surface area contributed by atoms with Crippen LogP contribution in [0.15, 0.2) is 140 Å². The predicted octanol–water partition coefficient (Wildman–Crippen LogP) is 10.7. The Hall–Kier alpha value is -4.82. The molecule has 0 spiro atoms. The van der Waals surface area contributed by atoms with Crippen LogP contribution in [0, 0.1) is 0 Å². The molecule has 0 aliphatic carbocycles. The third-order valence-corrected chi connectivity index (χ3v) is 7.69. The molecule has 188 valence electrons. The molecule has 7 rings (SSSR count). The summed E-state index contributed by atoms with van der Waals surface area (Å²) in [6, 6.07) is 50.8. The van der Waals surface area contributed by atoms with E-state index in [0.717, 1.165) is 17.1 Å². The fourth-order valence-electron chi connectivity index (χ4n) is 5.98. The molecule has 0 radical (unpaired) electrons. The average molecular weight is 503 g/mol. The molecular weight excluding hydrogens is 472 g/mol. The van der Waals surface area contributed by atoms with Gasteiger partial charge in [-0.25, -0.2) is 0 Å². The van der Waals surface area contributed by atoms with Crippen LogP contribution in [0.4, 0.5) is 17.1 Å². The van der Waals surface area contributed by atoms with Gasteiger partial charge in [0.05, 0.1) is 5.52 Å². The van der Waals surface area contributed by atoms with Gasteiger partial charge in [0.2, 0.25) is 0 Å². The summed E-state index contributed by atoms with van der Waals surface area (Å²) in [5.74, 6) is 0. The summed E-state index contributed by atoms with van der Waals surface area (Å²) in [4.78, 5) is 2.38. The fraction of sp³-hybridized carbons (Fsp3) is 0.0811. The topological polar surface area (TPSA) is 8.17 Å². The Balaban J connectivity index is 1.47. The molecule has 6 aromatic carbocycles. The number of hydrogen-bond acceptors (Lipinski definition) is 1. The summed E-state index contributed by atoms with van der Waals surface area (Å²) < 4.78 is 2.46. The van der Waals surface area contributed by atoms with Crippen LogP contribution in [0.5, 0.6) is 0 Å². The van der Waals surface area contributed by atoms with E-state index >= 15 is 0 Å². The van der Waals surface area contributed by atoms with Crippen LogP contribution in [0.2, 0.25) is 0 Å². The van der Waals surface area contributed by atoms with Crippen LogP contribution >= 0.6 is 0 Å². The number of benzene rings is 6. The van der Waals surface area contributed by atoms with Crippen LogP contribution in [-0.2, 0) is 0 Å². The van der Waals surface area contributed by atoms with Crippen molar-refractivity contribution in [3.63, 3.8) is 0 Å². The Kier molecular flexibility index (Phi) is 5.67. The first-order valence-corrected chi connectivity index (χ1v) is 13.6. The molecule has 0 atom stereocenters. The van der Waals surface area contributed by atoms with E-state index in [-0.39, 0.29) is 0 Å². The largest absolute Gasteiger partial charge is 0.338 e. The maximum absolute atomic E-state index is 2.46. The highest BCUT2D eigenvalue weighted by Crippen LogP contribution is 2.41. The first-order chi connectivity index (χ1) is 19.2. The minimum absolute atomic E-state index is 0.349. The molecule has 0 fully saturated rings. The van der Waals surface area contributed by atoms with Crippen molar-refractivity contribution < 1.29 is 0 Å². The number of para-hydroxylation sites is 2. The van der Waals surface area contributed by atoms with Crippen molar-refractivity contribution in [1.82, 2.24) is 4.57 Å². The van der Waals surface area contributed by atoms with Gasteiger partial charge in [-0.15, -0.1) is 0 Å². The van der Waals surface area contributed by atoms with Gasteiger partial charge in [0, 0.05) is 39.4 Å². The molecular formula is C37H30N2. The van der Waals surface area contributed by atoms with Crippen molar-refractivity contribution in [3.8, 4) is 11.1 Å². The Morgan fingerprint density at radius 1 is 0.487 bits per heavy atom. The van der Waals surface area contributed by atoms with Crippen molar-refractivity contribution in [2.45, 2.75) is 19.9 Å². The van der Waals surface area contributed by atoms with E-state index in [9.17, 15) is 0 Å². The first kappa shape index (κ1) is 23.3. The second-order valence-electron chi connectivity index (χ2n) is 10.4. The van der Waals surface area contributed by atoms with Crippen LogP contribution in [-0.4, -0.2) is 4.57 Å². The van der Waals surface area contributed by atoms with E-state index in [2.05, 4.69) is 163 Å². The molecule has 0 unspecified atom stereocenters. The summed E-state index contributed by atoms with van der Waals surface area (Å²) in [6.45, 7) is 4.53. The van der Waals surface area contributed by atoms with Crippen molar-refractivity contribution in [1.29, 1.82) is 0 Å². The molecule has 0 aliphatic heterocycles. The Labute approximate surface area is 229 Å². The smallest absolute Gasteiger partial charge is 0.0514 e. The molecule has 39 heavy (non-hydrogen) atoms. The highest BCUT2D eigenvalue weighted by atomic mass is 15.1. The highest BCUT2D eigenvalue weighted by molar-refractivity contribution is 6.09. The maximum Gasteiger partial charge on any atom is 0.0514 e. The van der Waals surface area contributed by atoms with Gasteiger partial charge < -0.3 is 9.47 Å². The molecule has 2 heteroatoms. The lowest BCUT2D eigenvalue weighted by molar-refractivity contribution is 0.642. The van der Waals surface area contributed by atoms with E-state index in [1.54, 1.807) is 0 Å². The Morgan fingerprint density at radius 2 is 1.15 bits per heavy atom. The molecule has 0 bridgehead atoms. The summed E-state index contributed by atoms with van der Waals surface area (Å²) in [5, 5.41) is 5.08. The molecule has 0 saturated carbocycles. The molecule has 0 saturated heterocycles. The summed E-state index contributed by atoms with van der Waals surface area (Å²) in [6.07, 6.45) is 0. The second kappa shape index (κ2) is 9.49. The molecule has 1 heterocycles. The number of aromatic nitrogens is 1. The van der Waals surface area contributed by atoms with Crippen molar-refractivity contribution in [2.24, 2.45) is 0 Å². The van der Waals surface area contributed by atoms with Crippen LogP contribution < -0.4 is 4.90 Å². The van der Waals surface area contributed by atoms with Gasteiger partial charge >= 0.3 is 0 Å². The predicted molar refractivity (Wildman–Crippen MR) is 167 cm³/mol. The molecule has 0 aliphatic rings. The van der Waals surface area contributed by atoms with Gasteiger partial charge in [0.25, 0.3) is 0 Å². The van der Waals surface area contributed by atoms with Gasteiger partial charge in [-0.3, -0.25) is 0 Å². The van der Waals surface area contributed by atoms with Gasteiger partial charge in [0.1, 0.15) is 0 Å². The zero-order chi connectivity index (χ0) is 26.3. The van der Waals surface area contributed by atoms with Gasteiger partial charge in [0.15, 0.2) is 0 Å². The standard InChI is InChI=1S/C37H30N2/c1-26(2)38-36-19-10-9-17-33(36)34-23-22-31(25-37(34)38)39(29-15-7-4-8-16-29)30-21-20-28-14-11-18-32(35(28)24-30)27-12-5-3-6-13-27/h3-26H,1-2H3. The van der Waals surface area contributed by atoms with E-state index < -0.39 is 0 Å². The average Bonchev–Trinajstić information content (AvgIpc) is 3.32. The SMILES string of the molecule is CC(C)n1c2ccccc2c2ccc(N(c3ccccc3)c3ccc4cccc(-c5ccccc5)c4c3)cc21. The number of hydrogen-bond donors (Lipinski definition) is 0. The number of rotatable bonds is 5. The van der Waals surface area contributed by atoms with Gasteiger partial charge in [-0.1, -0.05) is 97.1 Å². The quantitative estimate of drug-likeness (QED) is 0.227. The summed E-state index contributed by atoms with van der Waals surface area (Å²) in [5.41, 5.74) is 8.45. The highest BCUT2D eigenvalue weighted by Gasteiger charge is 2.18. The summed E-state index contributed by atoms with van der Waals surface area (Å²) in [7, 11) is 0. The monoisotopic (exact) mass is 502 g/mol. The maximum atomic E-state index is 2.46. The molecule has 1 aromatic heterocycles. The van der Waals surface area contributed by atoms with Crippen LogP contribution in [0.3, 0.4) is 0 Å². The molecule has 0 N–H and O–H groups in total. The van der Waals surface area contributed by atoms with Crippen molar-refractivity contribution >= 4 is 49.6 Å². The lowest BCUT2D eigenvalue weighted by atomic mass is 9.97. The van der Waals surface area contributed by atoms with Crippen LogP contribution in [0.1, 0.15) is 19.9 Å². The van der Waals surface area contributed by atoms with Crippen molar-refractivity contribution in [3.05, 3.63) is 140 Å². The molecule has 7 aromatic rings. The van der Waals surface area contributed by atoms with Gasteiger partial charge in [-0.05, 0) is 78.2 Å². The van der Waals surface area contributed by atoms with E-state index in [0.29, 0.717) is 6.04 Å². The third-order valence-electron chi connectivity index (χ3n) is 7.69. The Bertz CT molecular complexity index is 1930. The minimum atomic E-state index is 0.349. The summed E-state index contributed by atoms with van der Waals surface area (Å²) >= 11 is 0. The molecule has 0 amide bonds. The number of anilines is 3. The second-order valence-corrected chi connectivity index (χ2v) is 10.4.